The molecule has 1 unspecified atom stereocenters. The van der Waals surface area contributed by atoms with Gasteiger partial charge in [-0.2, -0.15) is 5.10 Å². The molecule has 0 saturated heterocycles. The Hall–Kier alpha value is -2.79. The van der Waals surface area contributed by atoms with E-state index in [2.05, 4.69) is 47.9 Å². The molecule has 2 heterocycles. The van der Waals surface area contributed by atoms with E-state index in [1.807, 2.05) is 17.8 Å². The Morgan fingerprint density at radius 2 is 1.96 bits per heavy atom. The molecule has 1 aromatic heterocycles. The first-order chi connectivity index (χ1) is 13.8. The third kappa shape index (κ3) is 3.27. The second kappa shape index (κ2) is 7.32. The molecule has 0 radical (unpaired) electrons. The van der Waals surface area contributed by atoms with Gasteiger partial charge in [-0.05, 0) is 42.2 Å². The molecule has 2 aliphatic rings. The first-order valence-corrected chi connectivity index (χ1v) is 10.0. The maximum absolute atomic E-state index is 5.86. The largest absolute Gasteiger partial charge is 0.490 e. The Morgan fingerprint density at radius 1 is 1.11 bits per heavy atom. The van der Waals surface area contributed by atoms with E-state index < -0.39 is 0 Å². The van der Waals surface area contributed by atoms with Crippen LogP contribution in [-0.4, -0.2) is 23.0 Å². The predicted octanol–water partition coefficient (Wildman–Crippen LogP) is 4.03. The van der Waals surface area contributed by atoms with Crippen LogP contribution in [0.2, 0.25) is 0 Å². The quantitative estimate of drug-likeness (QED) is 0.748. The van der Waals surface area contributed by atoms with Gasteiger partial charge >= 0.3 is 0 Å². The van der Waals surface area contributed by atoms with E-state index >= 15 is 0 Å². The fraction of sp³-hybridized carbons (Fsp3) is 0.348. The van der Waals surface area contributed by atoms with Crippen LogP contribution in [0.5, 0.6) is 11.5 Å². The van der Waals surface area contributed by atoms with Crippen molar-refractivity contribution in [1.82, 2.24) is 15.1 Å². The van der Waals surface area contributed by atoms with Gasteiger partial charge in [-0.1, -0.05) is 24.3 Å². The van der Waals surface area contributed by atoms with Crippen molar-refractivity contribution in [3.63, 3.8) is 0 Å². The van der Waals surface area contributed by atoms with E-state index in [1.165, 1.54) is 16.7 Å². The molecular weight excluding hydrogens is 350 g/mol. The van der Waals surface area contributed by atoms with Gasteiger partial charge in [0, 0.05) is 43.4 Å². The number of benzene rings is 2. The summed E-state index contributed by atoms with van der Waals surface area (Å²) in [6, 6.07) is 15.3. The Bertz CT molecular complexity index is 995. The lowest BCUT2D eigenvalue weighted by molar-refractivity contribution is 0.297. The lowest BCUT2D eigenvalue weighted by Crippen LogP contribution is -2.18. The van der Waals surface area contributed by atoms with E-state index in [-0.39, 0.29) is 0 Å². The Morgan fingerprint density at radius 3 is 2.89 bits per heavy atom. The lowest BCUT2D eigenvalue weighted by Gasteiger charge is -2.14. The van der Waals surface area contributed by atoms with Crippen LogP contribution in [0.4, 0.5) is 0 Å². The minimum absolute atomic E-state index is 0.410. The monoisotopic (exact) mass is 375 g/mol. The van der Waals surface area contributed by atoms with E-state index in [0.717, 1.165) is 48.6 Å². The maximum Gasteiger partial charge on any atom is 0.161 e. The van der Waals surface area contributed by atoms with Crippen LogP contribution in [0, 0.1) is 0 Å². The fourth-order valence-electron chi connectivity index (χ4n) is 4.22. The average molecular weight is 375 g/mol. The van der Waals surface area contributed by atoms with Crippen molar-refractivity contribution in [3.05, 3.63) is 65.4 Å². The van der Waals surface area contributed by atoms with Crippen molar-refractivity contribution in [1.29, 1.82) is 0 Å². The molecule has 1 aliphatic heterocycles. The SMILES string of the molecule is Cn1cc(CNC2CCc3ccccc32)c(-c2ccc3c(c2)OCCCO3)n1. The van der Waals surface area contributed by atoms with Crippen LogP contribution in [0.3, 0.4) is 0 Å². The highest BCUT2D eigenvalue weighted by Crippen LogP contribution is 2.35. The van der Waals surface area contributed by atoms with Crippen molar-refractivity contribution >= 4 is 0 Å². The molecule has 5 nitrogen and oxygen atoms in total. The average Bonchev–Trinajstić information content (AvgIpc) is 3.21. The lowest BCUT2D eigenvalue weighted by atomic mass is 10.1. The minimum Gasteiger partial charge on any atom is -0.490 e. The molecule has 0 amide bonds. The Kier molecular flexibility index (Phi) is 4.53. The van der Waals surface area contributed by atoms with Gasteiger partial charge in [-0.25, -0.2) is 0 Å². The summed E-state index contributed by atoms with van der Waals surface area (Å²) in [5.41, 5.74) is 6.16. The normalized spacial score (nSPS) is 18.0. The Balaban J connectivity index is 1.39. The van der Waals surface area contributed by atoms with Gasteiger partial charge in [-0.15, -0.1) is 0 Å². The molecule has 1 N–H and O–H groups in total. The van der Waals surface area contributed by atoms with Crippen molar-refractivity contribution in [2.24, 2.45) is 7.05 Å². The zero-order valence-electron chi connectivity index (χ0n) is 16.1. The highest BCUT2D eigenvalue weighted by molar-refractivity contribution is 5.66. The second-order valence-electron chi connectivity index (χ2n) is 7.56. The molecule has 0 bridgehead atoms. The van der Waals surface area contributed by atoms with E-state index in [1.54, 1.807) is 0 Å². The van der Waals surface area contributed by atoms with Gasteiger partial charge in [0.15, 0.2) is 11.5 Å². The number of nitrogens with zero attached hydrogens (tertiary/aromatic N) is 2. The van der Waals surface area contributed by atoms with Crippen molar-refractivity contribution in [2.75, 3.05) is 13.2 Å². The van der Waals surface area contributed by atoms with Gasteiger partial charge in [0.1, 0.15) is 0 Å². The number of ether oxygens (including phenoxy) is 2. The molecule has 0 spiro atoms. The number of rotatable bonds is 4. The minimum atomic E-state index is 0.410. The molecule has 28 heavy (non-hydrogen) atoms. The van der Waals surface area contributed by atoms with E-state index in [4.69, 9.17) is 14.6 Å². The summed E-state index contributed by atoms with van der Waals surface area (Å²) in [5, 5.41) is 8.46. The van der Waals surface area contributed by atoms with Crippen LogP contribution in [0.1, 0.15) is 35.6 Å². The van der Waals surface area contributed by atoms with Gasteiger partial charge < -0.3 is 14.8 Å². The molecule has 1 atom stereocenters. The van der Waals surface area contributed by atoms with Gasteiger partial charge in [0.25, 0.3) is 0 Å². The summed E-state index contributed by atoms with van der Waals surface area (Å²) in [6.45, 7) is 2.18. The van der Waals surface area contributed by atoms with Crippen LogP contribution >= 0.6 is 0 Å². The summed E-state index contributed by atoms with van der Waals surface area (Å²) in [4.78, 5) is 0. The number of aromatic nitrogens is 2. The van der Waals surface area contributed by atoms with E-state index in [0.29, 0.717) is 19.3 Å². The second-order valence-corrected chi connectivity index (χ2v) is 7.56. The van der Waals surface area contributed by atoms with Crippen molar-refractivity contribution < 1.29 is 9.47 Å². The van der Waals surface area contributed by atoms with E-state index in [9.17, 15) is 0 Å². The van der Waals surface area contributed by atoms with Crippen LogP contribution in [-0.2, 0) is 20.0 Å². The van der Waals surface area contributed by atoms with Gasteiger partial charge in [0.05, 0.1) is 18.9 Å². The molecule has 5 heteroatoms. The number of hydrogen-bond acceptors (Lipinski definition) is 4. The summed E-state index contributed by atoms with van der Waals surface area (Å²) < 4.78 is 13.5. The van der Waals surface area contributed by atoms with Crippen LogP contribution < -0.4 is 14.8 Å². The fourth-order valence-corrected chi connectivity index (χ4v) is 4.22. The first-order valence-electron chi connectivity index (χ1n) is 10.0. The number of nitrogens with one attached hydrogen (secondary N) is 1. The van der Waals surface area contributed by atoms with Gasteiger partial charge in [-0.3, -0.25) is 4.68 Å². The third-order valence-electron chi connectivity index (χ3n) is 5.60. The molecule has 5 rings (SSSR count). The predicted molar refractivity (Wildman–Crippen MR) is 109 cm³/mol. The molecule has 3 aromatic rings. The molecule has 0 fully saturated rings. The van der Waals surface area contributed by atoms with Crippen LogP contribution in [0.25, 0.3) is 11.3 Å². The number of fused-ring (bicyclic) bond motifs is 2. The zero-order chi connectivity index (χ0) is 18.9. The molecule has 1 aliphatic carbocycles. The Labute approximate surface area is 165 Å². The maximum atomic E-state index is 5.86. The number of aryl methyl sites for hydroxylation is 2. The third-order valence-corrected chi connectivity index (χ3v) is 5.60. The summed E-state index contributed by atoms with van der Waals surface area (Å²) in [7, 11) is 1.97. The van der Waals surface area contributed by atoms with Crippen molar-refractivity contribution in [2.45, 2.75) is 31.8 Å². The van der Waals surface area contributed by atoms with Crippen molar-refractivity contribution in [3.8, 4) is 22.8 Å². The molecule has 2 aromatic carbocycles. The highest BCUT2D eigenvalue weighted by Gasteiger charge is 2.22. The smallest absolute Gasteiger partial charge is 0.161 e. The summed E-state index contributed by atoms with van der Waals surface area (Å²) in [6.07, 6.45) is 5.31. The zero-order valence-corrected chi connectivity index (χ0v) is 16.1. The van der Waals surface area contributed by atoms with Crippen LogP contribution in [0.15, 0.2) is 48.7 Å². The topological polar surface area (TPSA) is 48.3 Å². The standard InChI is InChI=1S/C23H25N3O2/c1-26-15-18(14-24-20-9-7-16-5-2-3-6-19(16)20)23(25-26)17-8-10-21-22(13-17)28-12-4-11-27-21/h2-3,5-6,8,10,13,15,20,24H,4,7,9,11-12,14H2,1H3. The molecular formula is C23H25N3O2. The molecule has 144 valence electrons. The highest BCUT2D eigenvalue weighted by atomic mass is 16.5. The first kappa shape index (κ1) is 17.3. The summed E-state index contributed by atoms with van der Waals surface area (Å²) >= 11 is 0. The number of hydrogen-bond donors (Lipinski definition) is 1. The summed E-state index contributed by atoms with van der Waals surface area (Å²) in [5.74, 6) is 1.63. The molecule has 0 saturated carbocycles. The van der Waals surface area contributed by atoms with Gasteiger partial charge in [0.2, 0.25) is 0 Å².